The summed E-state index contributed by atoms with van der Waals surface area (Å²) in [7, 11) is 0. The van der Waals surface area contributed by atoms with Crippen LogP contribution in [0.3, 0.4) is 0 Å². The first kappa shape index (κ1) is 14.2. The van der Waals surface area contributed by atoms with E-state index in [2.05, 4.69) is 9.97 Å². The topological polar surface area (TPSA) is 61.0 Å². The molecule has 0 fully saturated rings. The van der Waals surface area contributed by atoms with Gasteiger partial charge in [-0.15, -0.1) is 0 Å². The summed E-state index contributed by atoms with van der Waals surface area (Å²) in [5.74, 6) is -0.584. The highest BCUT2D eigenvalue weighted by atomic mass is 19.1. The second-order valence-electron chi connectivity index (χ2n) is 4.73. The van der Waals surface area contributed by atoms with E-state index in [4.69, 9.17) is 10.5 Å². The molecule has 0 unspecified atom stereocenters. The number of hydrogen-bond acceptors (Lipinski definition) is 4. The molecule has 4 nitrogen and oxygen atoms in total. The van der Waals surface area contributed by atoms with E-state index in [1.165, 1.54) is 0 Å². The Kier molecular flexibility index (Phi) is 3.83. The Morgan fingerprint density at radius 3 is 2.55 bits per heavy atom. The number of anilines is 1. The molecule has 20 heavy (non-hydrogen) atoms. The normalized spacial score (nSPS) is 10.9. The largest absolute Gasteiger partial charge is 0.435 e. The van der Waals surface area contributed by atoms with Gasteiger partial charge in [0.2, 0.25) is 5.88 Å². The molecule has 0 aliphatic rings. The summed E-state index contributed by atoms with van der Waals surface area (Å²) in [6.45, 7) is 5.46. The number of benzene rings is 1. The zero-order valence-electron chi connectivity index (χ0n) is 11.4. The minimum absolute atomic E-state index is 0.0395. The average Bonchev–Trinajstić information content (AvgIpc) is 2.38. The molecule has 1 aromatic carbocycles. The van der Waals surface area contributed by atoms with Crippen molar-refractivity contribution in [2.24, 2.45) is 0 Å². The van der Waals surface area contributed by atoms with Gasteiger partial charge in [0, 0.05) is 12.0 Å². The van der Waals surface area contributed by atoms with Crippen LogP contribution in [0.2, 0.25) is 0 Å². The van der Waals surface area contributed by atoms with E-state index >= 15 is 0 Å². The molecule has 0 saturated carbocycles. The maximum absolute atomic E-state index is 13.6. The lowest BCUT2D eigenvalue weighted by Gasteiger charge is -2.13. The fourth-order valence-electron chi connectivity index (χ4n) is 1.55. The Balaban J connectivity index is 2.45. The zero-order chi connectivity index (χ0) is 14.9. The van der Waals surface area contributed by atoms with Gasteiger partial charge in [-0.25, -0.2) is 13.8 Å². The molecule has 0 atom stereocenters. The third-order valence-electron chi connectivity index (χ3n) is 2.77. The van der Waals surface area contributed by atoms with Crippen molar-refractivity contribution in [1.29, 1.82) is 0 Å². The number of nitrogens with two attached hydrogens (primary N) is 1. The minimum atomic E-state index is -0.672. The van der Waals surface area contributed by atoms with Crippen LogP contribution in [-0.4, -0.2) is 9.97 Å². The molecule has 0 saturated heterocycles. The third-order valence-corrected chi connectivity index (χ3v) is 2.77. The molecule has 0 radical (unpaired) electrons. The van der Waals surface area contributed by atoms with Crippen LogP contribution in [0.5, 0.6) is 11.6 Å². The summed E-state index contributed by atoms with van der Waals surface area (Å²) in [5, 5.41) is 0. The second-order valence-corrected chi connectivity index (χ2v) is 4.73. The van der Waals surface area contributed by atoms with Crippen LogP contribution >= 0.6 is 0 Å². The Labute approximate surface area is 115 Å². The molecule has 0 bridgehead atoms. The number of nitrogen functional groups attached to an aromatic ring is 1. The first-order valence-corrected chi connectivity index (χ1v) is 6.15. The van der Waals surface area contributed by atoms with Crippen LogP contribution in [0.4, 0.5) is 14.6 Å². The van der Waals surface area contributed by atoms with Crippen molar-refractivity contribution in [1.82, 2.24) is 9.97 Å². The molecule has 0 aliphatic carbocycles. The molecule has 106 valence electrons. The van der Waals surface area contributed by atoms with Crippen molar-refractivity contribution in [3.63, 3.8) is 0 Å². The first-order chi connectivity index (χ1) is 9.38. The Hall–Kier alpha value is -2.24. The highest BCUT2D eigenvalue weighted by Crippen LogP contribution is 2.29. The van der Waals surface area contributed by atoms with Gasteiger partial charge in [-0.2, -0.15) is 4.98 Å². The fourth-order valence-corrected chi connectivity index (χ4v) is 1.55. The Bertz CT molecular complexity index is 645. The summed E-state index contributed by atoms with van der Waals surface area (Å²) < 4.78 is 32.1. The van der Waals surface area contributed by atoms with Crippen molar-refractivity contribution < 1.29 is 13.5 Å². The molecule has 2 N–H and O–H groups in total. The quantitative estimate of drug-likeness (QED) is 0.933. The molecule has 2 aromatic rings. The third kappa shape index (κ3) is 2.84. The molecule has 0 spiro atoms. The molecule has 0 amide bonds. The predicted molar refractivity (Wildman–Crippen MR) is 71.7 cm³/mol. The van der Waals surface area contributed by atoms with Gasteiger partial charge in [-0.05, 0) is 19.1 Å². The van der Waals surface area contributed by atoms with E-state index in [-0.39, 0.29) is 23.4 Å². The van der Waals surface area contributed by atoms with Gasteiger partial charge < -0.3 is 10.5 Å². The monoisotopic (exact) mass is 279 g/mol. The molecule has 1 heterocycles. The Morgan fingerprint density at radius 1 is 1.20 bits per heavy atom. The van der Waals surface area contributed by atoms with Crippen molar-refractivity contribution in [2.75, 3.05) is 5.73 Å². The van der Waals surface area contributed by atoms with E-state index in [0.717, 1.165) is 18.2 Å². The molecule has 6 heteroatoms. The van der Waals surface area contributed by atoms with E-state index in [0.29, 0.717) is 11.4 Å². The van der Waals surface area contributed by atoms with Gasteiger partial charge in [0.05, 0.1) is 5.56 Å². The van der Waals surface area contributed by atoms with E-state index in [1.54, 1.807) is 6.92 Å². The number of rotatable bonds is 3. The van der Waals surface area contributed by atoms with Crippen LogP contribution in [0, 0.1) is 18.6 Å². The van der Waals surface area contributed by atoms with Crippen LogP contribution in [-0.2, 0) is 0 Å². The minimum Gasteiger partial charge on any atom is -0.435 e. The lowest BCUT2D eigenvalue weighted by atomic mass is 10.2. The molecule has 2 rings (SSSR count). The molecule has 0 aliphatic heterocycles. The smallest absolute Gasteiger partial charge is 0.227 e. The van der Waals surface area contributed by atoms with Crippen LogP contribution in [0.1, 0.15) is 31.2 Å². The maximum Gasteiger partial charge on any atom is 0.227 e. The first-order valence-electron chi connectivity index (χ1n) is 6.15. The molecular weight excluding hydrogens is 264 g/mol. The van der Waals surface area contributed by atoms with Gasteiger partial charge in [-0.3, -0.25) is 0 Å². The lowest BCUT2D eigenvalue weighted by molar-refractivity contribution is 0.416. The van der Waals surface area contributed by atoms with Gasteiger partial charge in [0.25, 0.3) is 0 Å². The van der Waals surface area contributed by atoms with Gasteiger partial charge in [0.15, 0.2) is 11.6 Å². The summed E-state index contributed by atoms with van der Waals surface area (Å²) >= 11 is 0. The Morgan fingerprint density at radius 2 is 1.90 bits per heavy atom. The number of ether oxygens (including phenoxy) is 1. The van der Waals surface area contributed by atoms with Crippen molar-refractivity contribution >= 4 is 5.82 Å². The van der Waals surface area contributed by atoms with E-state index in [1.807, 2.05) is 13.8 Å². The number of halogens is 2. The number of aromatic nitrogens is 2. The van der Waals surface area contributed by atoms with E-state index in [9.17, 15) is 8.78 Å². The SMILES string of the molecule is Cc1c(N)nc(C(C)C)nc1Oc1cc(F)ccc1F. The standard InChI is InChI=1S/C14H15F2N3O/c1-7(2)13-18-12(17)8(3)14(19-13)20-11-6-9(15)4-5-10(11)16/h4-7H,1-3H3,(H2,17,18,19). The fraction of sp³-hybridized carbons (Fsp3) is 0.286. The van der Waals surface area contributed by atoms with Crippen LogP contribution in [0.15, 0.2) is 18.2 Å². The van der Waals surface area contributed by atoms with Crippen LogP contribution in [0.25, 0.3) is 0 Å². The van der Waals surface area contributed by atoms with Gasteiger partial charge in [0.1, 0.15) is 17.5 Å². The number of hydrogen-bond donors (Lipinski definition) is 1. The van der Waals surface area contributed by atoms with Crippen molar-refractivity contribution in [2.45, 2.75) is 26.7 Å². The van der Waals surface area contributed by atoms with Gasteiger partial charge in [-0.1, -0.05) is 13.8 Å². The number of nitrogens with zero attached hydrogens (tertiary/aromatic N) is 2. The summed E-state index contributed by atoms with van der Waals surface area (Å²) in [4.78, 5) is 8.33. The van der Waals surface area contributed by atoms with Crippen LogP contribution < -0.4 is 10.5 Å². The lowest BCUT2D eigenvalue weighted by Crippen LogP contribution is -2.06. The summed E-state index contributed by atoms with van der Waals surface area (Å²) in [6, 6.07) is 2.97. The summed E-state index contributed by atoms with van der Waals surface area (Å²) in [5.41, 5.74) is 6.27. The van der Waals surface area contributed by atoms with Crippen molar-refractivity contribution in [3.8, 4) is 11.6 Å². The maximum atomic E-state index is 13.6. The van der Waals surface area contributed by atoms with E-state index < -0.39 is 11.6 Å². The highest BCUT2D eigenvalue weighted by Gasteiger charge is 2.15. The zero-order valence-corrected chi connectivity index (χ0v) is 11.4. The molecular formula is C14H15F2N3O. The second kappa shape index (κ2) is 5.40. The average molecular weight is 279 g/mol. The molecule has 1 aromatic heterocycles. The highest BCUT2D eigenvalue weighted by molar-refractivity contribution is 5.46. The van der Waals surface area contributed by atoms with Gasteiger partial charge >= 0.3 is 0 Å². The summed E-state index contributed by atoms with van der Waals surface area (Å²) in [6.07, 6.45) is 0. The van der Waals surface area contributed by atoms with Crippen molar-refractivity contribution in [3.05, 3.63) is 41.2 Å². The predicted octanol–water partition coefficient (Wildman–Crippen LogP) is 3.56.